The number of amides is 2. The summed E-state index contributed by atoms with van der Waals surface area (Å²) in [5.41, 5.74) is 0.997. The summed E-state index contributed by atoms with van der Waals surface area (Å²) in [6, 6.07) is 6.37. The van der Waals surface area contributed by atoms with Crippen LogP contribution in [-0.2, 0) is 9.59 Å². The molecule has 0 saturated heterocycles. The zero-order chi connectivity index (χ0) is 16.4. The van der Waals surface area contributed by atoms with Crippen LogP contribution in [0.1, 0.15) is 51.0 Å². The zero-order valence-electron chi connectivity index (χ0n) is 13.3. The van der Waals surface area contributed by atoms with Crippen LogP contribution in [0.15, 0.2) is 24.3 Å². The summed E-state index contributed by atoms with van der Waals surface area (Å²) in [6.45, 7) is 4.64. The molecule has 0 fully saturated rings. The normalized spacial score (nSPS) is 11.8. The largest absolute Gasteiger partial charge is 0.356 e. The highest BCUT2D eigenvalue weighted by molar-refractivity contribution is 5.76. The Bertz CT molecular complexity index is 474. The van der Waals surface area contributed by atoms with Crippen molar-refractivity contribution in [1.82, 2.24) is 10.6 Å². The second-order valence-corrected chi connectivity index (χ2v) is 5.43. The zero-order valence-corrected chi connectivity index (χ0v) is 13.3. The molecule has 0 aliphatic carbocycles. The maximum absolute atomic E-state index is 13.0. The Kier molecular flexibility index (Phi) is 8.18. The number of halogens is 1. The van der Waals surface area contributed by atoms with E-state index in [1.807, 2.05) is 0 Å². The Balaban J connectivity index is 2.40. The van der Waals surface area contributed by atoms with Gasteiger partial charge in [0.25, 0.3) is 0 Å². The fourth-order valence-electron chi connectivity index (χ4n) is 2.35. The molecule has 0 spiro atoms. The predicted octanol–water partition coefficient (Wildman–Crippen LogP) is 2.74. The molecule has 4 nitrogen and oxygen atoms in total. The molecule has 0 bridgehead atoms. The van der Waals surface area contributed by atoms with Crippen LogP contribution in [0.2, 0.25) is 0 Å². The Morgan fingerprint density at radius 2 is 1.77 bits per heavy atom. The first-order chi connectivity index (χ1) is 10.5. The molecule has 1 aromatic rings. The molecular formula is C17H25FN2O2. The minimum Gasteiger partial charge on any atom is -0.356 e. The number of benzene rings is 1. The van der Waals surface area contributed by atoms with Gasteiger partial charge in [0.2, 0.25) is 11.8 Å². The van der Waals surface area contributed by atoms with Crippen LogP contribution in [0.4, 0.5) is 4.39 Å². The van der Waals surface area contributed by atoms with Crippen molar-refractivity contribution in [3.63, 3.8) is 0 Å². The van der Waals surface area contributed by atoms with Crippen LogP contribution < -0.4 is 10.6 Å². The molecule has 22 heavy (non-hydrogen) atoms. The lowest BCUT2D eigenvalue weighted by molar-refractivity contribution is -0.121. The molecule has 1 unspecified atom stereocenters. The van der Waals surface area contributed by atoms with Crippen molar-refractivity contribution in [3.05, 3.63) is 35.6 Å². The highest BCUT2D eigenvalue weighted by Crippen LogP contribution is 2.25. The maximum Gasteiger partial charge on any atom is 0.220 e. The minimum absolute atomic E-state index is 0.00870. The number of hydrogen-bond acceptors (Lipinski definition) is 2. The monoisotopic (exact) mass is 308 g/mol. The van der Waals surface area contributed by atoms with Crippen LogP contribution in [0.25, 0.3) is 0 Å². The van der Waals surface area contributed by atoms with Gasteiger partial charge in [-0.15, -0.1) is 0 Å². The summed E-state index contributed by atoms with van der Waals surface area (Å²) in [6.07, 6.45) is 2.97. The molecule has 5 heteroatoms. The van der Waals surface area contributed by atoms with E-state index in [1.165, 1.54) is 19.1 Å². The van der Waals surface area contributed by atoms with E-state index in [0.29, 0.717) is 25.9 Å². The third kappa shape index (κ3) is 7.20. The first kappa shape index (κ1) is 18.1. The fraction of sp³-hybridized carbons (Fsp3) is 0.529. The SMILES string of the molecule is CCCC(CC(=O)NCCCNC(C)=O)c1ccc(F)cc1. The third-order valence-corrected chi connectivity index (χ3v) is 3.46. The lowest BCUT2D eigenvalue weighted by atomic mass is 9.91. The Morgan fingerprint density at radius 3 is 2.36 bits per heavy atom. The molecule has 2 N–H and O–H groups in total. The van der Waals surface area contributed by atoms with Gasteiger partial charge >= 0.3 is 0 Å². The van der Waals surface area contributed by atoms with Gasteiger partial charge in [-0.3, -0.25) is 9.59 Å². The summed E-state index contributed by atoms with van der Waals surface area (Å²) in [5, 5.41) is 5.55. The first-order valence-electron chi connectivity index (χ1n) is 7.79. The van der Waals surface area contributed by atoms with Gasteiger partial charge in [0.1, 0.15) is 5.82 Å². The van der Waals surface area contributed by atoms with Gasteiger partial charge in [0.15, 0.2) is 0 Å². The van der Waals surface area contributed by atoms with Gasteiger partial charge in [-0.05, 0) is 36.5 Å². The molecule has 122 valence electrons. The molecule has 0 aromatic heterocycles. The summed E-state index contributed by atoms with van der Waals surface area (Å²) < 4.78 is 13.0. The molecule has 0 saturated carbocycles. The van der Waals surface area contributed by atoms with Crippen LogP contribution in [0.3, 0.4) is 0 Å². The maximum atomic E-state index is 13.0. The second-order valence-electron chi connectivity index (χ2n) is 5.43. The lowest BCUT2D eigenvalue weighted by Gasteiger charge is -2.16. The molecule has 0 aliphatic rings. The first-order valence-corrected chi connectivity index (χ1v) is 7.79. The van der Waals surface area contributed by atoms with E-state index < -0.39 is 0 Å². The van der Waals surface area contributed by atoms with Crippen molar-refractivity contribution in [2.75, 3.05) is 13.1 Å². The summed E-state index contributed by atoms with van der Waals surface area (Å²) in [4.78, 5) is 22.7. The van der Waals surface area contributed by atoms with Crippen molar-refractivity contribution in [1.29, 1.82) is 0 Å². The van der Waals surface area contributed by atoms with Crippen LogP contribution in [0.5, 0.6) is 0 Å². The lowest BCUT2D eigenvalue weighted by Crippen LogP contribution is -2.29. The van der Waals surface area contributed by atoms with Gasteiger partial charge in [0, 0.05) is 26.4 Å². The number of hydrogen-bond donors (Lipinski definition) is 2. The molecule has 1 aromatic carbocycles. The number of nitrogens with one attached hydrogen (secondary N) is 2. The van der Waals surface area contributed by atoms with Crippen molar-refractivity contribution in [3.8, 4) is 0 Å². The summed E-state index contributed by atoms with van der Waals surface area (Å²) in [5.74, 6) is -0.224. The van der Waals surface area contributed by atoms with E-state index in [4.69, 9.17) is 0 Å². The number of carbonyl (C=O) groups is 2. The van der Waals surface area contributed by atoms with E-state index in [9.17, 15) is 14.0 Å². The topological polar surface area (TPSA) is 58.2 Å². The van der Waals surface area contributed by atoms with Crippen molar-refractivity contribution in [2.45, 2.75) is 45.4 Å². The van der Waals surface area contributed by atoms with Crippen molar-refractivity contribution in [2.24, 2.45) is 0 Å². The van der Waals surface area contributed by atoms with Crippen LogP contribution in [0, 0.1) is 5.82 Å². The van der Waals surface area contributed by atoms with Gasteiger partial charge in [0.05, 0.1) is 0 Å². The van der Waals surface area contributed by atoms with Gasteiger partial charge in [-0.2, -0.15) is 0 Å². The standard InChI is InChI=1S/C17H25FN2O2/c1-3-5-15(14-6-8-16(18)9-7-14)12-17(22)20-11-4-10-19-13(2)21/h6-9,15H,3-5,10-12H2,1-2H3,(H,19,21)(H,20,22). The average Bonchev–Trinajstić information content (AvgIpc) is 2.47. The van der Waals surface area contributed by atoms with Gasteiger partial charge < -0.3 is 10.6 Å². The van der Waals surface area contributed by atoms with Crippen molar-refractivity contribution < 1.29 is 14.0 Å². The molecule has 2 amide bonds. The third-order valence-electron chi connectivity index (χ3n) is 3.46. The van der Waals surface area contributed by atoms with E-state index in [0.717, 1.165) is 18.4 Å². The fourth-order valence-corrected chi connectivity index (χ4v) is 2.35. The molecule has 0 aliphatic heterocycles. The highest BCUT2D eigenvalue weighted by Gasteiger charge is 2.15. The molecule has 1 rings (SSSR count). The quantitative estimate of drug-likeness (QED) is 0.689. The van der Waals surface area contributed by atoms with Crippen LogP contribution in [-0.4, -0.2) is 24.9 Å². The van der Waals surface area contributed by atoms with E-state index in [-0.39, 0.29) is 23.5 Å². The molecule has 0 heterocycles. The smallest absolute Gasteiger partial charge is 0.220 e. The van der Waals surface area contributed by atoms with Gasteiger partial charge in [-0.25, -0.2) is 4.39 Å². The van der Waals surface area contributed by atoms with E-state index >= 15 is 0 Å². The Labute approximate surface area is 131 Å². The summed E-state index contributed by atoms with van der Waals surface area (Å²) >= 11 is 0. The Morgan fingerprint density at radius 1 is 1.14 bits per heavy atom. The van der Waals surface area contributed by atoms with Crippen molar-refractivity contribution >= 4 is 11.8 Å². The average molecular weight is 308 g/mol. The predicted molar refractivity (Wildman–Crippen MR) is 85.0 cm³/mol. The Hall–Kier alpha value is -1.91. The molecule has 0 radical (unpaired) electrons. The molecular weight excluding hydrogens is 283 g/mol. The number of carbonyl (C=O) groups excluding carboxylic acids is 2. The minimum atomic E-state index is -0.263. The second kappa shape index (κ2) is 9.92. The number of rotatable bonds is 9. The molecule has 1 atom stereocenters. The van der Waals surface area contributed by atoms with E-state index in [2.05, 4.69) is 17.6 Å². The highest BCUT2D eigenvalue weighted by atomic mass is 19.1. The summed E-state index contributed by atoms with van der Waals surface area (Å²) in [7, 11) is 0. The van der Waals surface area contributed by atoms with Crippen LogP contribution >= 0.6 is 0 Å². The van der Waals surface area contributed by atoms with Gasteiger partial charge in [-0.1, -0.05) is 25.5 Å². The van der Waals surface area contributed by atoms with E-state index in [1.54, 1.807) is 12.1 Å².